The van der Waals surface area contributed by atoms with Crippen molar-refractivity contribution < 1.29 is 9.32 Å². The lowest BCUT2D eigenvalue weighted by Crippen LogP contribution is -2.22. The highest BCUT2D eigenvalue weighted by Crippen LogP contribution is 2.11. The minimum Gasteiger partial charge on any atom is -0.360 e. The van der Waals surface area contributed by atoms with Gasteiger partial charge in [0, 0.05) is 6.07 Å². The van der Waals surface area contributed by atoms with E-state index < -0.39 is 0 Å². The predicted octanol–water partition coefficient (Wildman–Crippen LogP) is 2.10. The Labute approximate surface area is 84.8 Å². The van der Waals surface area contributed by atoms with Gasteiger partial charge in [0.25, 0.3) is 0 Å². The smallest absolute Gasteiger partial charge is 0.239 e. The van der Waals surface area contributed by atoms with Crippen molar-refractivity contribution in [1.82, 2.24) is 5.16 Å². The Balaban J connectivity index is 2.54. The maximum absolute atomic E-state index is 11.3. The summed E-state index contributed by atoms with van der Waals surface area (Å²) in [6, 6.07) is 1.67. The van der Waals surface area contributed by atoms with Crippen LogP contribution in [0.25, 0.3) is 0 Å². The Bertz CT molecular complexity index is 298. The van der Waals surface area contributed by atoms with E-state index in [2.05, 4.69) is 26.4 Å². The molecule has 72 valence electrons. The zero-order chi connectivity index (χ0) is 9.84. The van der Waals surface area contributed by atoms with Gasteiger partial charge in [-0.2, -0.15) is 0 Å². The van der Waals surface area contributed by atoms with Gasteiger partial charge in [0.2, 0.25) is 5.91 Å². The van der Waals surface area contributed by atoms with Gasteiger partial charge >= 0.3 is 0 Å². The number of aryl methyl sites for hydroxylation is 1. The summed E-state index contributed by atoms with van der Waals surface area (Å²) in [6.45, 7) is 3.70. The SMILES string of the molecule is CC[C@@H](Br)C(=O)Nc1cc(C)on1. The van der Waals surface area contributed by atoms with Crippen molar-refractivity contribution in [2.45, 2.75) is 25.1 Å². The van der Waals surface area contributed by atoms with Crippen LogP contribution in [0.5, 0.6) is 0 Å². The van der Waals surface area contributed by atoms with Crippen LogP contribution in [0, 0.1) is 6.92 Å². The molecule has 1 amide bonds. The molecule has 1 atom stereocenters. The van der Waals surface area contributed by atoms with E-state index in [1.54, 1.807) is 13.0 Å². The number of nitrogens with one attached hydrogen (secondary N) is 1. The zero-order valence-electron chi connectivity index (χ0n) is 7.50. The lowest BCUT2D eigenvalue weighted by molar-refractivity contribution is -0.115. The van der Waals surface area contributed by atoms with Gasteiger partial charge in [0.1, 0.15) is 5.76 Å². The molecule has 0 aromatic carbocycles. The third kappa shape index (κ3) is 2.84. The molecular weight excluding hydrogens is 236 g/mol. The molecule has 1 N–H and O–H groups in total. The zero-order valence-corrected chi connectivity index (χ0v) is 9.09. The first-order valence-corrected chi connectivity index (χ1v) is 4.93. The van der Waals surface area contributed by atoms with Crippen LogP contribution >= 0.6 is 15.9 Å². The number of halogens is 1. The largest absolute Gasteiger partial charge is 0.360 e. The Morgan fingerprint density at radius 2 is 2.54 bits per heavy atom. The fourth-order valence-electron chi connectivity index (χ4n) is 0.815. The van der Waals surface area contributed by atoms with E-state index >= 15 is 0 Å². The summed E-state index contributed by atoms with van der Waals surface area (Å²) in [4.78, 5) is 11.1. The van der Waals surface area contributed by atoms with Crippen molar-refractivity contribution in [3.63, 3.8) is 0 Å². The second-order valence-corrected chi connectivity index (χ2v) is 3.79. The predicted molar refractivity (Wildman–Crippen MR) is 52.9 cm³/mol. The molecule has 0 spiro atoms. The van der Waals surface area contributed by atoms with Gasteiger partial charge in [-0.05, 0) is 13.3 Å². The molecule has 5 heteroatoms. The first-order valence-electron chi connectivity index (χ1n) is 4.01. The molecule has 1 rings (SSSR count). The van der Waals surface area contributed by atoms with Crippen molar-refractivity contribution in [2.24, 2.45) is 0 Å². The van der Waals surface area contributed by atoms with E-state index in [1.807, 2.05) is 6.92 Å². The molecule has 0 fully saturated rings. The summed E-state index contributed by atoms with van der Waals surface area (Å²) in [7, 11) is 0. The summed E-state index contributed by atoms with van der Waals surface area (Å²) in [6.07, 6.45) is 0.739. The molecule has 0 radical (unpaired) electrons. The van der Waals surface area contributed by atoms with E-state index in [0.717, 1.165) is 6.42 Å². The van der Waals surface area contributed by atoms with E-state index in [1.165, 1.54) is 0 Å². The first-order chi connectivity index (χ1) is 6.13. The van der Waals surface area contributed by atoms with Gasteiger partial charge in [-0.15, -0.1) is 0 Å². The number of alkyl halides is 1. The van der Waals surface area contributed by atoms with Crippen molar-refractivity contribution in [3.8, 4) is 0 Å². The van der Waals surface area contributed by atoms with Crippen LogP contribution in [-0.4, -0.2) is 15.9 Å². The van der Waals surface area contributed by atoms with Crippen LogP contribution in [0.4, 0.5) is 5.82 Å². The molecule has 0 aliphatic heterocycles. The lowest BCUT2D eigenvalue weighted by atomic mass is 10.3. The van der Waals surface area contributed by atoms with E-state index in [-0.39, 0.29) is 10.7 Å². The van der Waals surface area contributed by atoms with Crippen molar-refractivity contribution in [1.29, 1.82) is 0 Å². The van der Waals surface area contributed by atoms with Crippen LogP contribution in [0.1, 0.15) is 19.1 Å². The first kappa shape index (κ1) is 10.2. The number of carbonyl (C=O) groups is 1. The topological polar surface area (TPSA) is 55.1 Å². The molecule has 1 heterocycles. The number of aromatic nitrogens is 1. The molecule has 0 saturated heterocycles. The van der Waals surface area contributed by atoms with Crippen molar-refractivity contribution >= 4 is 27.7 Å². The van der Waals surface area contributed by atoms with Gasteiger partial charge in [-0.1, -0.05) is 28.0 Å². The van der Waals surface area contributed by atoms with Gasteiger partial charge < -0.3 is 9.84 Å². The quantitative estimate of drug-likeness (QED) is 0.832. The molecular formula is C8H11BrN2O2. The maximum atomic E-state index is 11.3. The summed E-state index contributed by atoms with van der Waals surface area (Å²) in [5, 5.41) is 6.27. The number of hydrogen-bond donors (Lipinski definition) is 1. The normalized spacial score (nSPS) is 12.5. The minimum atomic E-state index is -0.176. The average molecular weight is 247 g/mol. The third-order valence-corrected chi connectivity index (χ3v) is 2.59. The number of nitrogens with zero attached hydrogens (tertiary/aromatic N) is 1. The molecule has 0 saturated carbocycles. The summed E-state index contributed by atoms with van der Waals surface area (Å²) < 4.78 is 4.80. The molecule has 0 aliphatic rings. The Morgan fingerprint density at radius 3 is 3.00 bits per heavy atom. The highest BCUT2D eigenvalue weighted by atomic mass is 79.9. The molecule has 0 bridgehead atoms. The third-order valence-electron chi connectivity index (χ3n) is 1.52. The van der Waals surface area contributed by atoms with Crippen molar-refractivity contribution in [3.05, 3.63) is 11.8 Å². The van der Waals surface area contributed by atoms with E-state index in [9.17, 15) is 4.79 Å². The summed E-state index contributed by atoms with van der Waals surface area (Å²) in [5.41, 5.74) is 0. The molecule has 13 heavy (non-hydrogen) atoms. The van der Waals surface area contributed by atoms with Crippen LogP contribution in [-0.2, 0) is 4.79 Å². The standard InChI is InChI=1S/C8H11BrN2O2/c1-3-6(9)8(12)10-7-4-5(2)13-11-7/h4,6H,3H2,1-2H3,(H,10,11,12)/t6-/m1/s1. The minimum absolute atomic E-state index is 0.101. The Hall–Kier alpha value is -0.840. The lowest BCUT2D eigenvalue weighted by Gasteiger charge is -2.04. The Morgan fingerprint density at radius 1 is 1.85 bits per heavy atom. The highest BCUT2D eigenvalue weighted by molar-refractivity contribution is 9.10. The van der Waals surface area contributed by atoms with Crippen LogP contribution in [0.2, 0.25) is 0 Å². The summed E-state index contributed by atoms with van der Waals surface area (Å²) in [5.74, 6) is 1.04. The van der Waals surface area contributed by atoms with Crippen LogP contribution in [0.3, 0.4) is 0 Å². The highest BCUT2D eigenvalue weighted by Gasteiger charge is 2.13. The van der Waals surface area contributed by atoms with Crippen LogP contribution in [0.15, 0.2) is 10.6 Å². The second kappa shape index (κ2) is 4.41. The number of carbonyl (C=O) groups excluding carboxylic acids is 1. The average Bonchev–Trinajstić information content (AvgIpc) is 2.49. The van der Waals surface area contributed by atoms with E-state index in [4.69, 9.17) is 4.52 Å². The fourth-order valence-corrected chi connectivity index (χ4v) is 0.930. The number of anilines is 1. The van der Waals surface area contributed by atoms with Gasteiger partial charge in [0.15, 0.2) is 5.82 Å². The number of hydrogen-bond acceptors (Lipinski definition) is 3. The summed E-state index contributed by atoms with van der Waals surface area (Å²) >= 11 is 3.24. The van der Waals surface area contributed by atoms with Gasteiger partial charge in [-0.25, -0.2) is 0 Å². The van der Waals surface area contributed by atoms with Gasteiger partial charge in [-0.3, -0.25) is 4.79 Å². The Kier molecular flexibility index (Phi) is 3.48. The molecule has 1 aromatic rings. The molecule has 0 aliphatic carbocycles. The second-order valence-electron chi connectivity index (χ2n) is 2.69. The van der Waals surface area contributed by atoms with Gasteiger partial charge in [0.05, 0.1) is 4.83 Å². The van der Waals surface area contributed by atoms with Crippen LogP contribution < -0.4 is 5.32 Å². The fraction of sp³-hybridized carbons (Fsp3) is 0.500. The molecule has 4 nitrogen and oxygen atoms in total. The number of amides is 1. The van der Waals surface area contributed by atoms with E-state index in [0.29, 0.717) is 11.6 Å². The maximum Gasteiger partial charge on any atom is 0.239 e. The molecule has 0 unspecified atom stereocenters. The van der Waals surface area contributed by atoms with Crippen molar-refractivity contribution in [2.75, 3.05) is 5.32 Å². The number of rotatable bonds is 3. The molecule has 1 aromatic heterocycles. The monoisotopic (exact) mass is 246 g/mol.